The number of carbonyl (C=O) groups is 1. The van der Waals surface area contributed by atoms with Gasteiger partial charge in [0.1, 0.15) is 0 Å². The average Bonchev–Trinajstić information content (AvgIpc) is 3.32. The first kappa shape index (κ1) is 15.8. The molecule has 3 aromatic rings. The van der Waals surface area contributed by atoms with Crippen LogP contribution >= 0.6 is 11.3 Å². The Bertz CT molecular complexity index is 954. The molecule has 0 saturated carbocycles. The number of anilines is 1. The molecule has 1 saturated heterocycles. The van der Waals surface area contributed by atoms with E-state index in [0.717, 1.165) is 39.2 Å². The lowest BCUT2D eigenvalue weighted by Crippen LogP contribution is -2.33. The third kappa shape index (κ3) is 3.00. The van der Waals surface area contributed by atoms with Crippen LogP contribution in [-0.2, 0) is 4.79 Å². The summed E-state index contributed by atoms with van der Waals surface area (Å²) in [7, 11) is 0. The van der Waals surface area contributed by atoms with Crippen LogP contribution in [0, 0.1) is 17.4 Å². The summed E-state index contributed by atoms with van der Waals surface area (Å²) in [5, 5.41) is 13.1. The minimum absolute atomic E-state index is 0.147. The number of thiazole rings is 1. The minimum atomic E-state index is -0.171. The fraction of sp³-hybridized carbons (Fsp3) is 0.211. The predicted octanol–water partition coefficient (Wildman–Crippen LogP) is 3.39. The number of hydrogen-bond acceptors (Lipinski definition) is 5. The normalized spacial score (nSPS) is 16.7. The van der Waals surface area contributed by atoms with Gasteiger partial charge < -0.3 is 5.32 Å². The third-order valence-corrected chi connectivity index (χ3v) is 5.41. The van der Waals surface area contributed by atoms with Crippen molar-refractivity contribution in [2.45, 2.75) is 6.42 Å². The Hall–Kier alpha value is -2.75. The summed E-state index contributed by atoms with van der Waals surface area (Å²) in [5.74, 6) is -0.318. The van der Waals surface area contributed by atoms with Gasteiger partial charge in [-0.15, -0.1) is 0 Å². The molecule has 4 rings (SSSR count). The SMILES string of the molecule is N#CN(C(=O)[C@H]1CCNC1)c1nc2ccc(-c3ccccc3)cc2s1. The molecule has 0 unspecified atom stereocenters. The molecule has 1 fully saturated rings. The van der Waals surface area contributed by atoms with E-state index >= 15 is 0 Å². The Kier molecular flexibility index (Phi) is 4.18. The first-order valence-electron chi connectivity index (χ1n) is 8.17. The molecule has 1 aliphatic rings. The summed E-state index contributed by atoms with van der Waals surface area (Å²) in [5.41, 5.74) is 3.03. The summed E-state index contributed by atoms with van der Waals surface area (Å²) >= 11 is 1.38. The van der Waals surface area contributed by atoms with Crippen LogP contribution in [0.5, 0.6) is 0 Å². The van der Waals surface area contributed by atoms with E-state index in [-0.39, 0.29) is 11.8 Å². The molecule has 1 amide bonds. The molecule has 6 heteroatoms. The zero-order chi connectivity index (χ0) is 17.2. The van der Waals surface area contributed by atoms with Crippen molar-refractivity contribution in [3.05, 3.63) is 48.5 Å². The van der Waals surface area contributed by atoms with Crippen molar-refractivity contribution in [2.75, 3.05) is 18.0 Å². The Morgan fingerprint density at radius 2 is 2.08 bits per heavy atom. The van der Waals surface area contributed by atoms with Crippen LogP contribution in [0.3, 0.4) is 0 Å². The van der Waals surface area contributed by atoms with Crippen LogP contribution in [0.2, 0.25) is 0 Å². The zero-order valence-electron chi connectivity index (χ0n) is 13.5. The molecular formula is C19H16N4OS. The minimum Gasteiger partial charge on any atom is -0.316 e. The Morgan fingerprint density at radius 1 is 1.24 bits per heavy atom. The standard InChI is InChI=1S/C19H16N4OS/c20-12-23(18(24)15-8-9-21-11-15)19-22-16-7-6-14(10-17(16)25-19)13-4-2-1-3-5-13/h1-7,10,15,21H,8-9,11H2/t15-/m0/s1. The Labute approximate surface area is 149 Å². The van der Waals surface area contributed by atoms with Gasteiger partial charge in [-0.1, -0.05) is 47.7 Å². The van der Waals surface area contributed by atoms with Gasteiger partial charge in [0.2, 0.25) is 11.0 Å². The molecule has 0 spiro atoms. The number of amides is 1. The van der Waals surface area contributed by atoms with Crippen LogP contribution in [-0.4, -0.2) is 24.0 Å². The highest BCUT2D eigenvalue weighted by atomic mass is 32.1. The number of nitriles is 1. The van der Waals surface area contributed by atoms with Crippen molar-refractivity contribution in [3.8, 4) is 17.3 Å². The van der Waals surface area contributed by atoms with E-state index in [1.165, 1.54) is 11.3 Å². The fourth-order valence-electron chi connectivity index (χ4n) is 3.05. The number of benzene rings is 2. The van der Waals surface area contributed by atoms with Gasteiger partial charge in [0, 0.05) is 6.54 Å². The van der Waals surface area contributed by atoms with Gasteiger partial charge in [-0.25, -0.2) is 4.98 Å². The first-order chi connectivity index (χ1) is 12.3. The number of nitrogens with one attached hydrogen (secondary N) is 1. The van der Waals surface area contributed by atoms with Crippen LogP contribution < -0.4 is 10.2 Å². The lowest BCUT2D eigenvalue weighted by atomic mass is 10.1. The molecule has 25 heavy (non-hydrogen) atoms. The van der Waals surface area contributed by atoms with Gasteiger partial charge in [0.25, 0.3) is 0 Å². The van der Waals surface area contributed by atoms with E-state index in [1.807, 2.05) is 36.5 Å². The maximum absolute atomic E-state index is 12.6. The fourth-order valence-corrected chi connectivity index (χ4v) is 4.02. The first-order valence-corrected chi connectivity index (χ1v) is 8.98. The number of nitrogens with zero attached hydrogens (tertiary/aromatic N) is 3. The maximum Gasteiger partial charge on any atom is 0.246 e. The molecule has 0 radical (unpaired) electrons. The highest BCUT2D eigenvalue weighted by molar-refractivity contribution is 7.22. The molecule has 124 valence electrons. The van der Waals surface area contributed by atoms with Gasteiger partial charge in [0.05, 0.1) is 16.1 Å². The van der Waals surface area contributed by atoms with Gasteiger partial charge in [-0.2, -0.15) is 10.2 Å². The van der Waals surface area contributed by atoms with Crippen LogP contribution in [0.15, 0.2) is 48.5 Å². The number of aromatic nitrogens is 1. The molecule has 5 nitrogen and oxygen atoms in total. The molecule has 2 aromatic carbocycles. The molecule has 1 aromatic heterocycles. The molecule has 0 aliphatic carbocycles. The monoisotopic (exact) mass is 348 g/mol. The van der Waals surface area contributed by atoms with Crippen molar-refractivity contribution in [1.29, 1.82) is 5.26 Å². The number of fused-ring (bicyclic) bond motifs is 1. The largest absolute Gasteiger partial charge is 0.316 e. The predicted molar refractivity (Wildman–Crippen MR) is 99.1 cm³/mol. The molecule has 2 heterocycles. The maximum atomic E-state index is 12.6. The Balaban J connectivity index is 1.68. The lowest BCUT2D eigenvalue weighted by molar-refractivity contribution is -0.121. The van der Waals surface area contributed by atoms with Gasteiger partial charge in [-0.05, 0) is 36.2 Å². The van der Waals surface area contributed by atoms with Crippen LogP contribution in [0.25, 0.3) is 21.3 Å². The van der Waals surface area contributed by atoms with Crippen molar-refractivity contribution < 1.29 is 4.79 Å². The summed E-state index contributed by atoms with van der Waals surface area (Å²) < 4.78 is 0.967. The highest BCUT2D eigenvalue weighted by Gasteiger charge is 2.30. The second kappa shape index (κ2) is 6.63. The van der Waals surface area contributed by atoms with E-state index in [1.54, 1.807) is 0 Å². The number of carbonyl (C=O) groups excluding carboxylic acids is 1. The van der Waals surface area contributed by atoms with Crippen molar-refractivity contribution in [3.63, 3.8) is 0 Å². The van der Waals surface area contributed by atoms with Crippen LogP contribution in [0.4, 0.5) is 5.13 Å². The summed E-state index contributed by atoms with van der Waals surface area (Å²) in [4.78, 5) is 18.2. The summed E-state index contributed by atoms with van der Waals surface area (Å²) in [6.07, 6.45) is 2.77. The van der Waals surface area contributed by atoms with Gasteiger partial charge in [0.15, 0.2) is 6.19 Å². The van der Waals surface area contributed by atoms with Crippen molar-refractivity contribution in [1.82, 2.24) is 10.3 Å². The topological polar surface area (TPSA) is 69.0 Å². The second-order valence-electron chi connectivity index (χ2n) is 6.01. The molecule has 1 aliphatic heterocycles. The van der Waals surface area contributed by atoms with Gasteiger partial charge in [-0.3, -0.25) is 4.79 Å². The summed E-state index contributed by atoms with van der Waals surface area (Å²) in [6, 6.07) is 16.1. The van der Waals surface area contributed by atoms with Crippen molar-refractivity contribution in [2.24, 2.45) is 5.92 Å². The van der Waals surface area contributed by atoms with Crippen molar-refractivity contribution >= 4 is 32.6 Å². The smallest absolute Gasteiger partial charge is 0.246 e. The highest BCUT2D eigenvalue weighted by Crippen LogP contribution is 2.33. The van der Waals surface area contributed by atoms with Gasteiger partial charge >= 0.3 is 0 Å². The van der Waals surface area contributed by atoms with E-state index in [2.05, 4.69) is 28.5 Å². The second-order valence-corrected chi connectivity index (χ2v) is 7.02. The van der Waals surface area contributed by atoms with E-state index in [9.17, 15) is 10.1 Å². The molecule has 1 atom stereocenters. The van der Waals surface area contributed by atoms with E-state index in [0.29, 0.717) is 11.7 Å². The summed E-state index contributed by atoms with van der Waals surface area (Å²) in [6.45, 7) is 1.44. The number of rotatable bonds is 3. The molecule has 0 bridgehead atoms. The zero-order valence-corrected chi connectivity index (χ0v) is 14.3. The third-order valence-electron chi connectivity index (χ3n) is 4.41. The Morgan fingerprint density at radius 3 is 2.80 bits per heavy atom. The molecule has 1 N–H and O–H groups in total. The van der Waals surface area contributed by atoms with Crippen LogP contribution in [0.1, 0.15) is 6.42 Å². The lowest BCUT2D eigenvalue weighted by Gasteiger charge is -2.14. The number of hydrogen-bond donors (Lipinski definition) is 1. The van der Waals surface area contributed by atoms with E-state index in [4.69, 9.17) is 0 Å². The van der Waals surface area contributed by atoms with E-state index < -0.39 is 0 Å². The quantitative estimate of drug-likeness (QED) is 0.582. The average molecular weight is 348 g/mol. The molecular weight excluding hydrogens is 332 g/mol.